The summed E-state index contributed by atoms with van der Waals surface area (Å²) in [5.41, 5.74) is 0.296. The third-order valence-corrected chi connectivity index (χ3v) is 2.24. The van der Waals surface area contributed by atoms with Gasteiger partial charge in [-0.2, -0.15) is 0 Å². The van der Waals surface area contributed by atoms with E-state index in [9.17, 15) is 9.90 Å². The van der Waals surface area contributed by atoms with Crippen molar-refractivity contribution in [3.8, 4) is 0 Å². The SMILES string of the molecule is CC(=CN1CCN(C)CC1)C(=O)[O-].[K+]. The summed E-state index contributed by atoms with van der Waals surface area (Å²) in [6.45, 7) is 5.31. The van der Waals surface area contributed by atoms with Crippen LogP contribution >= 0.6 is 0 Å². The maximum absolute atomic E-state index is 10.4. The number of carboxylic acids is 1. The van der Waals surface area contributed by atoms with Gasteiger partial charge in [-0.3, -0.25) is 0 Å². The van der Waals surface area contributed by atoms with Crippen LogP contribution in [-0.2, 0) is 4.79 Å². The van der Waals surface area contributed by atoms with E-state index in [1.54, 1.807) is 13.1 Å². The van der Waals surface area contributed by atoms with Crippen LogP contribution in [0, 0.1) is 0 Å². The Morgan fingerprint density at radius 3 is 2.21 bits per heavy atom. The van der Waals surface area contributed by atoms with Gasteiger partial charge in [0, 0.05) is 32.4 Å². The Balaban J connectivity index is 0.00000169. The summed E-state index contributed by atoms with van der Waals surface area (Å²) < 4.78 is 0. The van der Waals surface area contributed by atoms with Gasteiger partial charge in [0.1, 0.15) is 0 Å². The number of carboxylic acid groups (broad SMARTS) is 1. The van der Waals surface area contributed by atoms with Gasteiger partial charge < -0.3 is 19.7 Å². The van der Waals surface area contributed by atoms with Crippen molar-refractivity contribution < 1.29 is 61.3 Å². The molecular formula is C9H15KN2O2. The van der Waals surface area contributed by atoms with E-state index < -0.39 is 5.97 Å². The first-order valence-corrected chi connectivity index (χ1v) is 4.42. The quantitative estimate of drug-likeness (QED) is 0.352. The van der Waals surface area contributed by atoms with E-state index in [1.807, 2.05) is 4.90 Å². The first-order valence-electron chi connectivity index (χ1n) is 4.42. The molecular weight excluding hydrogens is 207 g/mol. The second-order valence-electron chi connectivity index (χ2n) is 3.44. The minimum absolute atomic E-state index is 0. The minimum atomic E-state index is -1.08. The van der Waals surface area contributed by atoms with E-state index in [0.717, 1.165) is 26.2 Å². The Hall–Kier alpha value is 0.606. The van der Waals surface area contributed by atoms with E-state index >= 15 is 0 Å². The van der Waals surface area contributed by atoms with E-state index in [-0.39, 0.29) is 51.4 Å². The average molecular weight is 222 g/mol. The second-order valence-corrected chi connectivity index (χ2v) is 3.44. The predicted octanol–water partition coefficient (Wildman–Crippen LogP) is -4.11. The smallest absolute Gasteiger partial charge is 0.545 e. The topological polar surface area (TPSA) is 46.6 Å². The molecule has 0 bridgehead atoms. The molecule has 5 heteroatoms. The maximum atomic E-state index is 10.4. The van der Waals surface area contributed by atoms with Gasteiger partial charge in [0.25, 0.3) is 0 Å². The van der Waals surface area contributed by atoms with E-state index in [1.165, 1.54) is 0 Å². The van der Waals surface area contributed by atoms with Crippen LogP contribution in [0.1, 0.15) is 6.92 Å². The standard InChI is InChI=1S/C9H16N2O2.K/c1-8(9(12)13)7-11-5-3-10(2)4-6-11;/h7H,3-6H2,1-2H3,(H,12,13);/q;+1/p-1. The Morgan fingerprint density at radius 1 is 1.29 bits per heavy atom. The molecule has 14 heavy (non-hydrogen) atoms. The third-order valence-electron chi connectivity index (χ3n) is 2.24. The molecule has 0 aliphatic carbocycles. The zero-order chi connectivity index (χ0) is 9.84. The molecule has 0 amide bonds. The van der Waals surface area contributed by atoms with Gasteiger partial charge in [-0.05, 0) is 19.5 Å². The zero-order valence-electron chi connectivity index (χ0n) is 9.12. The molecule has 0 aromatic rings. The number of carbonyl (C=O) groups excluding carboxylic acids is 1. The van der Waals surface area contributed by atoms with Gasteiger partial charge in [0.05, 0.1) is 5.97 Å². The molecule has 0 atom stereocenters. The molecule has 0 aromatic heterocycles. The Kier molecular flexibility index (Phi) is 7.28. The second kappa shape index (κ2) is 6.98. The van der Waals surface area contributed by atoms with Crippen LogP contribution in [-0.4, -0.2) is 49.0 Å². The summed E-state index contributed by atoms with van der Waals surface area (Å²) in [6.07, 6.45) is 1.67. The van der Waals surface area contributed by atoms with Gasteiger partial charge in [0.15, 0.2) is 0 Å². The predicted molar refractivity (Wildman–Crippen MR) is 47.8 cm³/mol. The van der Waals surface area contributed by atoms with Crippen molar-refractivity contribution in [3.05, 3.63) is 11.8 Å². The molecule has 74 valence electrons. The van der Waals surface area contributed by atoms with Crippen molar-refractivity contribution in [2.45, 2.75) is 6.92 Å². The van der Waals surface area contributed by atoms with E-state index in [0.29, 0.717) is 5.57 Å². The number of hydrogen-bond donors (Lipinski definition) is 0. The van der Waals surface area contributed by atoms with Crippen LogP contribution < -0.4 is 56.5 Å². The molecule has 0 N–H and O–H groups in total. The van der Waals surface area contributed by atoms with Crippen molar-refractivity contribution in [3.63, 3.8) is 0 Å². The first kappa shape index (κ1) is 14.6. The minimum Gasteiger partial charge on any atom is -0.545 e. The van der Waals surface area contributed by atoms with Crippen molar-refractivity contribution in [2.24, 2.45) is 0 Å². The Labute approximate surface area is 127 Å². The molecule has 1 aliphatic rings. The average Bonchev–Trinajstić information content (AvgIpc) is 2.08. The largest absolute Gasteiger partial charge is 1.00 e. The van der Waals surface area contributed by atoms with Gasteiger partial charge in [-0.1, -0.05) is 0 Å². The van der Waals surface area contributed by atoms with Gasteiger partial charge in [-0.25, -0.2) is 0 Å². The number of likely N-dealkylation sites (N-methyl/N-ethyl adjacent to an activating group) is 1. The fraction of sp³-hybridized carbons (Fsp3) is 0.667. The molecule has 1 aliphatic heterocycles. The summed E-state index contributed by atoms with van der Waals surface area (Å²) in [5.74, 6) is -1.08. The van der Waals surface area contributed by atoms with E-state index in [4.69, 9.17) is 0 Å². The molecule has 0 spiro atoms. The monoisotopic (exact) mass is 222 g/mol. The number of nitrogens with zero attached hydrogens (tertiary/aromatic N) is 2. The summed E-state index contributed by atoms with van der Waals surface area (Å²) in [4.78, 5) is 14.7. The zero-order valence-corrected chi connectivity index (χ0v) is 12.2. The summed E-state index contributed by atoms with van der Waals surface area (Å²) in [5, 5.41) is 10.4. The summed E-state index contributed by atoms with van der Waals surface area (Å²) in [6, 6.07) is 0. The van der Waals surface area contributed by atoms with Gasteiger partial charge in [-0.15, -0.1) is 0 Å². The normalized spacial score (nSPS) is 19.0. The molecule has 1 saturated heterocycles. The first-order chi connectivity index (χ1) is 6.09. The van der Waals surface area contributed by atoms with Crippen molar-refractivity contribution >= 4 is 5.97 Å². The number of rotatable bonds is 2. The van der Waals surface area contributed by atoms with Crippen LogP contribution in [0.15, 0.2) is 11.8 Å². The fourth-order valence-electron chi connectivity index (χ4n) is 1.28. The summed E-state index contributed by atoms with van der Waals surface area (Å²) >= 11 is 0. The molecule has 1 rings (SSSR count). The van der Waals surface area contributed by atoms with Crippen LogP contribution in [0.3, 0.4) is 0 Å². The number of hydrogen-bond acceptors (Lipinski definition) is 4. The van der Waals surface area contributed by atoms with Crippen molar-refractivity contribution in [2.75, 3.05) is 33.2 Å². The molecule has 0 unspecified atom stereocenters. The number of piperazine rings is 1. The van der Waals surface area contributed by atoms with E-state index in [2.05, 4.69) is 11.9 Å². The molecule has 1 fully saturated rings. The van der Waals surface area contributed by atoms with Gasteiger partial charge >= 0.3 is 51.4 Å². The maximum Gasteiger partial charge on any atom is 1.00 e. The van der Waals surface area contributed by atoms with Crippen molar-refractivity contribution in [1.29, 1.82) is 0 Å². The van der Waals surface area contributed by atoms with Gasteiger partial charge in [0.2, 0.25) is 0 Å². The van der Waals surface area contributed by atoms with Crippen LogP contribution in [0.5, 0.6) is 0 Å². The molecule has 0 aromatic carbocycles. The van der Waals surface area contributed by atoms with Crippen LogP contribution in [0.2, 0.25) is 0 Å². The number of aliphatic carboxylic acids is 1. The molecule has 0 radical (unpaired) electrons. The van der Waals surface area contributed by atoms with Crippen LogP contribution in [0.4, 0.5) is 0 Å². The van der Waals surface area contributed by atoms with Crippen LogP contribution in [0.25, 0.3) is 0 Å². The summed E-state index contributed by atoms with van der Waals surface area (Å²) in [7, 11) is 2.06. The molecule has 1 heterocycles. The molecule has 0 saturated carbocycles. The Bertz CT molecular complexity index is 223. The fourth-order valence-corrected chi connectivity index (χ4v) is 1.28. The Morgan fingerprint density at radius 2 is 1.79 bits per heavy atom. The third kappa shape index (κ3) is 4.91. The van der Waals surface area contributed by atoms with Crippen molar-refractivity contribution in [1.82, 2.24) is 9.80 Å². The number of carbonyl (C=O) groups is 1. The molecule has 4 nitrogen and oxygen atoms in total.